The lowest BCUT2D eigenvalue weighted by Crippen LogP contribution is -2.67. The average Bonchev–Trinajstić information content (AvgIpc) is 1.91. The highest BCUT2D eigenvalue weighted by molar-refractivity contribution is 6.26. The number of carbonyl (C=O) groups excluding carboxylic acids is 3. The molecule has 2 bridgehead atoms. The maximum atomic E-state index is 15.5. The van der Waals surface area contributed by atoms with Gasteiger partial charge in [0, 0.05) is 62.4 Å². The second-order valence-electron chi connectivity index (χ2n) is 26.0. The van der Waals surface area contributed by atoms with Gasteiger partial charge in [-0.3, -0.25) is 10.0 Å². The predicted molar refractivity (Wildman–Crippen MR) is 296 cm³/mol. The highest BCUT2D eigenvalue weighted by Crippen LogP contribution is 2.61. The van der Waals surface area contributed by atoms with Crippen LogP contribution in [0.2, 0.25) is 0 Å². The Hall–Kier alpha value is -3.69. The Morgan fingerprint density at radius 3 is 1.96 bits per heavy atom. The molecule has 0 unspecified atom stereocenters. The Balaban J connectivity index is 1.00. The summed E-state index contributed by atoms with van der Waals surface area (Å²) >= 11 is 0. The van der Waals surface area contributed by atoms with Gasteiger partial charge >= 0.3 is 12.1 Å². The normalized spacial score (nSPS) is 47.8. The Bertz CT molecular complexity index is 2530. The number of ether oxygens (including phenoxy) is 11. The molecule has 6 N–H and O–H groups in total. The second kappa shape index (κ2) is 24.8. The summed E-state index contributed by atoms with van der Waals surface area (Å²) in [6.45, 7) is 22.4. The molecule has 22 heteroatoms. The van der Waals surface area contributed by atoms with Gasteiger partial charge in [-0.1, -0.05) is 69.2 Å². The van der Waals surface area contributed by atoms with Crippen molar-refractivity contribution in [2.45, 2.75) is 244 Å². The number of methoxy groups -OCH3 is 2. The van der Waals surface area contributed by atoms with Crippen molar-refractivity contribution in [1.82, 2.24) is 10.5 Å². The van der Waals surface area contributed by atoms with Crippen LogP contribution in [0.1, 0.15) is 128 Å². The molecule has 466 valence electrons. The van der Waals surface area contributed by atoms with Crippen LogP contribution in [0.25, 0.3) is 0 Å². The number of Topliss-reactive ketones (excluding diaryl/α,β-unsaturated/α-hetero) is 1. The van der Waals surface area contributed by atoms with Crippen molar-refractivity contribution in [3.8, 4) is 0 Å². The molecular weight excluding hydrogens is 1080 g/mol. The molecule has 9 aliphatic rings. The number of nitrogens with zero attached hydrogens (tertiary/aromatic N) is 1. The van der Waals surface area contributed by atoms with Crippen molar-refractivity contribution >= 4 is 17.8 Å². The number of ketones is 1. The maximum absolute atomic E-state index is 15.5. The molecule has 0 aromatic rings. The van der Waals surface area contributed by atoms with Gasteiger partial charge in [-0.2, -0.15) is 0 Å². The van der Waals surface area contributed by atoms with E-state index in [9.17, 15) is 40.4 Å². The van der Waals surface area contributed by atoms with Crippen molar-refractivity contribution in [2.24, 2.45) is 46.8 Å². The van der Waals surface area contributed by atoms with Crippen LogP contribution in [-0.4, -0.2) is 179 Å². The molecule has 1 amide bonds. The molecule has 0 aromatic carbocycles. The Labute approximate surface area is 487 Å². The fraction of sp³-hybridized carbons (Fsp3) is 0.787. The van der Waals surface area contributed by atoms with Crippen LogP contribution in [0.4, 0.5) is 4.79 Å². The number of hydroxylamine groups is 2. The Morgan fingerprint density at radius 1 is 0.723 bits per heavy atom. The Kier molecular flexibility index (Phi) is 19.1. The number of alkyl carbamates (subject to hydrolysis) is 1. The topological polar surface area (TPSA) is 292 Å². The lowest BCUT2D eigenvalue weighted by molar-refractivity contribution is -0.335. The lowest BCUT2D eigenvalue weighted by atomic mass is 9.49. The van der Waals surface area contributed by atoms with Crippen LogP contribution in [0.3, 0.4) is 0 Å². The molecule has 9 rings (SSSR count). The molecule has 6 fully saturated rings. The summed E-state index contributed by atoms with van der Waals surface area (Å²) in [6.07, 6.45) is -2.33. The molecular formula is C61H91N2O20-. The number of hydrogen-bond acceptors (Lipinski definition) is 21. The number of fused-ring (bicyclic) bond motifs is 4. The van der Waals surface area contributed by atoms with Crippen molar-refractivity contribution in [3.63, 3.8) is 0 Å². The van der Waals surface area contributed by atoms with E-state index < -0.39 is 163 Å². The summed E-state index contributed by atoms with van der Waals surface area (Å²) in [5.41, 5.74) is -2.51. The van der Waals surface area contributed by atoms with Crippen molar-refractivity contribution < 1.29 is 92.1 Å². The molecule has 4 aliphatic carbocycles. The van der Waals surface area contributed by atoms with E-state index in [-0.39, 0.29) is 72.8 Å². The third-order valence-electron chi connectivity index (χ3n) is 20.3. The van der Waals surface area contributed by atoms with Crippen molar-refractivity contribution in [1.29, 1.82) is 0 Å². The third kappa shape index (κ3) is 12.0. The minimum Gasteiger partial charge on any atom is -0.762 e. The first kappa shape index (κ1) is 63.8. The van der Waals surface area contributed by atoms with Gasteiger partial charge in [0.1, 0.15) is 29.6 Å². The number of carbonyl (C=O) groups is 3. The number of hydrogen-bond donors (Lipinski definition) is 6. The SMILES string of the molecule is COC(=O)N[C@H]1[C@@H](C)O[C@@H](O[C@H]2CC=C(C)[C@@H]3C=C[C@@H]4[C@@H](O[C@H]5C[C@@H](O[C@H]6C[C@@H](O)[C@@H](O[C@@H]7C[C@@H](O)[C@@H](OC)[C@H](C)O7)[C@H](C)O6)[C@@H](O)[C@H](C)O5)[C@@H](C)C[C@H](C)[C@H]4[C@]3(C)C(O)=C3C(=O)O[C@]4(C[C@@H](C)C(C)=C[C@H]4C=C2C)C3=O)C[C@]1(C)N([O-])O. The number of rotatable bonds is 11. The van der Waals surface area contributed by atoms with E-state index in [1.807, 2.05) is 58.9 Å². The van der Waals surface area contributed by atoms with Crippen molar-refractivity contribution in [3.05, 3.63) is 63.6 Å². The summed E-state index contributed by atoms with van der Waals surface area (Å²) in [7, 11) is 2.70. The van der Waals surface area contributed by atoms with E-state index in [2.05, 4.69) is 25.2 Å². The number of nitrogens with one attached hydrogen (secondary N) is 1. The number of esters is 1. The number of amides is 1. The second-order valence-corrected chi connectivity index (χ2v) is 26.0. The summed E-state index contributed by atoms with van der Waals surface area (Å²) in [6, 6.07) is -0.995. The summed E-state index contributed by atoms with van der Waals surface area (Å²) in [4.78, 5) is 42.7. The van der Waals surface area contributed by atoms with Crippen LogP contribution in [0.15, 0.2) is 58.4 Å². The molecule has 5 saturated heterocycles. The first-order valence-electron chi connectivity index (χ1n) is 29.8. The van der Waals surface area contributed by atoms with E-state index in [1.165, 1.54) is 21.1 Å². The van der Waals surface area contributed by atoms with Gasteiger partial charge in [-0.25, -0.2) is 9.59 Å². The molecule has 83 heavy (non-hydrogen) atoms. The van der Waals surface area contributed by atoms with Gasteiger partial charge in [0.05, 0.1) is 73.6 Å². The zero-order valence-electron chi connectivity index (χ0n) is 50.5. The van der Waals surface area contributed by atoms with Gasteiger partial charge in [0.15, 0.2) is 30.8 Å². The first-order valence-corrected chi connectivity index (χ1v) is 29.8. The maximum Gasteiger partial charge on any atom is 0.407 e. The molecule has 5 heterocycles. The fourth-order valence-electron chi connectivity index (χ4n) is 15.7. The predicted octanol–water partition coefficient (Wildman–Crippen LogP) is 6.51. The number of aliphatic hydroxyl groups excluding tert-OH is 4. The average molecular weight is 1170 g/mol. The summed E-state index contributed by atoms with van der Waals surface area (Å²) in [5.74, 6) is -4.32. The van der Waals surface area contributed by atoms with Crippen LogP contribution in [-0.2, 0) is 61.7 Å². The van der Waals surface area contributed by atoms with Crippen LogP contribution in [0.5, 0.6) is 0 Å². The molecule has 0 aromatic heterocycles. The number of allylic oxidation sites excluding steroid dienone is 4. The van der Waals surface area contributed by atoms with E-state index in [4.69, 9.17) is 52.1 Å². The van der Waals surface area contributed by atoms with Gasteiger partial charge in [0.2, 0.25) is 5.78 Å². The zero-order valence-corrected chi connectivity index (χ0v) is 50.5. The molecule has 5 aliphatic heterocycles. The molecule has 1 saturated carbocycles. The first-order chi connectivity index (χ1) is 39.1. The van der Waals surface area contributed by atoms with Gasteiger partial charge < -0.3 is 88.3 Å². The molecule has 27 atom stereocenters. The van der Waals surface area contributed by atoms with Crippen LogP contribution < -0.4 is 5.32 Å². The molecule has 1 spiro atoms. The lowest BCUT2D eigenvalue weighted by Gasteiger charge is -2.56. The Morgan fingerprint density at radius 2 is 1.33 bits per heavy atom. The van der Waals surface area contributed by atoms with Gasteiger partial charge in [-0.05, 0) is 97.5 Å². The summed E-state index contributed by atoms with van der Waals surface area (Å²) in [5, 5.41) is 72.8. The van der Waals surface area contributed by atoms with E-state index in [0.717, 1.165) is 11.1 Å². The minimum absolute atomic E-state index is 0.0258. The van der Waals surface area contributed by atoms with E-state index in [0.29, 0.717) is 12.0 Å². The van der Waals surface area contributed by atoms with Crippen LogP contribution in [0, 0.1) is 52.0 Å². The fourth-order valence-corrected chi connectivity index (χ4v) is 15.7. The quantitative estimate of drug-likeness (QED) is 0.0556. The largest absolute Gasteiger partial charge is 0.762 e. The van der Waals surface area contributed by atoms with E-state index >= 15 is 4.79 Å². The third-order valence-corrected chi connectivity index (χ3v) is 20.3. The molecule has 22 nitrogen and oxygen atoms in total. The number of aliphatic hydroxyl groups is 4. The zero-order chi connectivity index (χ0) is 60.5. The standard InChI is InChI=1S/C61H91N2O20/c1-27-15-18-42(79-47-26-59(11,63(71)72)54(36(10)78-47)62-58(70)74-14)29(3)21-37-20-28(2)32(6)25-61(37)56(68)48(57(69)83-61)55(67)60(12)39(27)17-16-38-49(60)30(4)19-31(5)51(38)81-46-24-43(50(66)33(7)75-46)80-44-23-41(65)53(35(9)77-44)82-45-22-40(64)52(73-13)34(8)76-45/h15-17,20-21,30-47,49-54,64-67,71H,18-19,22-26H2,1-14H3,(H,62,70)/q-1/t30-,31-,32+,33-,34-,35-,36+,37-,38-,39-,40+,41+,42-,43+,44-,45+,46-,47-,49+,50-,51-,52-,53-,54-,59-,60+,61-/m0/s1. The highest BCUT2D eigenvalue weighted by Gasteiger charge is 2.64. The van der Waals surface area contributed by atoms with Gasteiger partial charge in [-0.15, -0.1) is 0 Å². The monoisotopic (exact) mass is 1170 g/mol. The summed E-state index contributed by atoms with van der Waals surface area (Å²) < 4.78 is 68.2. The van der Waals surface area contributed by atoms with Gasteiger partial charge in [0.25, 0.3) is 0 Å². The minimum atomic E-state index is -1.70. The smallest absolute Gasteiger partial charge is 0.407 e. The highest BCUT2D eigenvalue weighted by atomic mass is 16.8. The van der Waals surface area contributed by atoms with Crippen molar-refractivity contribution in [2.75, 3.05) is 14.2 Å². The molecule has 0 radical (unpaired) electrons. The van der Waals surface area contributed by atoms with Crippen LogP contribution >= 0.6 is 0 Å². The van der Waals surface area contributed by atoms with E-state index in [1.54, 1.807) is 27.7 Å².